The summed E-state index contributed by atoms with van der Waals surface area (Å²) < 4.78 is 4.96. The van der Waals surface area contributed by atoms with E-state index in [9.17, 15) is 24.0 Å². The van der Waals surface area contributed by atoms with Crippen LogP contribution in [0.25, 0.3) is 0 Å². The highest BCUT2D eigenvalue weighted by atomic mass is 16.5. The van der Waals surface area contributed by atoms with Gasteiger partial charge in [0.25, 0.3) is 0 Å². The fourth-order valence-corrected chi connectivity index (χ4v) is 7.95. The largest absolute Gasteiger partial charge is 0.467 e. The number of rotatable bonds is 10. The Kier molecular flexibility index (Phi) is 12.1. The van der Waals surface area contributed by atoms with E-state index in [1.165, 1.54) is 26.4 Å². The van der Waals surface area contributed by atoms with Crippen molar-refractivity contribution >= 4 is 35.5 Å². The van der Waals surface area contributed by atoms with Gasteiger partial charge in [0.2, 0.25) is 11.8 Å². The highest BCUT2D eigenvalue weighted by Crippen LogP contribution is 2.28. The highest BCUT2D eigenvalue weighted by molar-refractivity contribution is 5.93. The monoisotopic (exact) mass is 701 g/mol. The van der Waals surface area contributed by atoms with Crippen LogP contribution in [0.1, 0.15) is 62.5 Å². The van der Waals surface area contributed by atoms with Crippen LogP contribution in [0.15, 0.2) is 54.6 Å². The maximum atomic E-state index is 14.1. The number of anilines is 1. The van der Waals surface area contributed by atoms with E-state index in [-0.39, 0.29) is 36.7 Å². The maximum absolute atomic E-state index is 14.1. The van der Waals surface area contributed by atoms with Crippen LogP contribution in [0.3, 0.4) is 0 Å². The minimum atomic E-state index is -1.11. The van der Waals surface area contributed by atoms with E-state index in [0.717, 1.165) is 42.7 Å². The molecule has 0 aromatic heterocycles. The first-order valence-corrected chi connectivity index (χ1v) is 18.4. The van der Waals surface area contributed by atoms with Gasteiger partial charge in [0.05, 0.1) is 13.5 Å². The average Bonchev–Trinajstić information content (AvgIpc) is 3.17. The number of ether oxygens (including phenoxy) is 1. The molecule has 4 heterocycles. The summed E-state index contributed by atoms with van der Waals surface area (Å²) in [7, 11) is 1.26. The van der Waals surface area contributed by atoms with Crippen LogP contribution in [0, 0.1) is 0 Å². The summed E-state index contributed by atoms with van der Waals surface area (Å²) in [6.45, 7) is 4.68. The average molecular weight is 702 g/mol. The first-order chi connectivity index (χ1) is 24.8. The van der Waals surface area contributed by atoms with Crippen LogP contribution in [0.4, 0.5) is 15.3 Å². The Morgan fingerprint density at radius 2 is 1.41 bits per heavy atom. The van der Waals surface area contributed by atoms with Gasteiger partial charge in [-0.25, -0.2) is 14.4 Å². The molecule has 2 aromatic rings. The van der Waals surface area contributed by atoms with Crippen molar-refractivity contribution < 1.29 is 28.7 Å². The molecule has 3 saturated heterocycles. The van der Waals surface area contributed by atoms with Gasteiger partial charge in [-0.05, 0) is 68.8 Å². The molecule has 0 unspecified atom stereocenters. The van der Waals surface area contributed by atoms with Crippen LogP contribution in [-0.2, 0) is 32.1 Å². The van der Waals surface area contributed by atoms with E-state index in [1.54, 1.807) is 9.80 Å². The second-order valence-electron chi connectivity index (χ2n) is 14.1. The molecule has 0 saturated carbocycles. The maximum Gasteiger partial charge on any atom is 0.328 e. The van der Waals surface area contributed by atoms with Gasteiger partial charge in [-0.3, -0.25) is 9.59 Å². The third kappa shape index (κ3) is 9.18. The highest BCUT2D eigenvalue weighted by Gasteiger charge is 2.37. The lowest BCUT2D eigenvalue weighted by molar-refractivity contribution is -0.142. The number of benzene rings is 2. The Hall–Kier alpha value is -4.65. The number of hydrogen-bond acceptors (Lipinski definition) is 7. The van der Waals surface area contributed by atoms with Crippen LogP contribution >= 0.6 is 0 Å². The van der Waals surface area contributed by atoms with Crippen molar-refractivity contribution in [2.75, 3.05) is 51.7 Å². The zero-order valence-electron chi connectivity index (χ0n) is 29.6. The van der Waals surface area contributed by atoms with Gasteiger partial charge in [0.1, 0.15) is 12.1 Å². The summed E-state index contributed by atoms with van der Waals surface area (Å²) in [5.74, 6) is -1.15. The molecule has 3 fully saturated rings. The quantitative estimate of drug-likeness (QED) is 0.323. The Morgan fingerprint density at radius 1 is 0.784 bits per heavy atom. The molecule has 0 spiro atoms. The molecule has 2 aromatic carbocycles. The summed E-state index contributed by atoms with van der Waals surface area (Å²) in [5.41, 5.74) is 2.72. The number of para-hydroxylation sites is 1. The fraction of sp³-hybridized carbons (Fsp3) is 0.553. The molecule has 13 heteroatoms. The molecule has 6 amide bonds. The van der Waals surface area contributed by atoms with Gasteiger partial charge in [-0.1, -0.05) is 55.0 Å². The smallest absolute Gasteiger partial charge is 0.328 e. The number of nitrogens with one attached hydrogen (secondary N) is 3. The molecule has 0 bridgehead atoms. The number of esters is 1. The third-order valence-electron chi connectivity index (χ3n) is 10.9. The van der Waals surface area contributed by atoms with Gasteiger partial charge in [0.15, 0.2) is 0 Å². The predicted octanol–water partition coefficient (Wildman–Crippen LogP) is 3.34. The van der Waals surface area contributed by atoms with Gasteiger partial charge in [-0.2, -0.15) is 0 Å². The molecule has 274 valence electrons. The summed E-state index contributed by atoms with van der Waals surface area (Å²) in [4.78, 5) is 74.7. The number of amides is 6. The molecule has 2 atom stereocenters. The van der Waals surface area contributed by atoms with Gasteiger partial charge >= 0.3 is 18.0 Å². The Bertz CT molecular complexity index is 1530. The first kappa shape index (κ1) is 36.2. The van der Waals surface area contributed by atoms with Crippen LogP contribution in [0.5, 0.6) is 0 Å². The van der Waals surface area contributed by atoms with Crippen LogP contribution < -0.4 is 16.0 Å². The van der Waals surface area contributed by atoms with E-state index in [1.807, 2.05) is 59.5 Å². The number of fused-ring (bicyclic) bond motifs is 1. The summed E-state index contributed by atoms with van der Waals surface area (Å²) in [6, 6.07) is 14.5. The molecule has 6 rings (SSSR count). The van der Waals surface area contributed by atoms with Crippen molar-refractivity contribution in [3.8, 4) is 0 Å². The Labute approximate surface area is 300 Å². The van der Waals surface area contributed by atoms with Crippen molar-refractivity contribution in [3.05, 3.63) is 65.7 Å². The fourth-order valence-electron chi connectivity index (χ4n) is 7.95. The van der Waals surface area contributed by atoms with E-state index >= 15 is 0 Å². The zero-order valence-corrected chi connectivity index (χ0v) is 29.6. The summed E-state index contributed by atoms with van der Waals surface area (Å²) in [6.07, 6.45) is 6.59. The SMILES string of the molecule is COC(=O)[C@@H](Cc1ccccc1)NC(=O)N[C@@H](CC(=O)N1CCC(N2Cc3ccccc3NC2=O)CC1)C(=O)N1CCC(N2CCCCC2)CC1. The lowest BCUT2D eigenvalue weighted by Crippen LogP contribution is -2.58. The number of carbonyl (C=O) groups is 5. The number of methoxy groups -OCH3 is 1. The second-order valence-corrected chi connectivity index (χ2v) is 14.1. The molecule has 4 aliphatic rings. The normalized spacial score (nSPS) is 20.1. The first-order valence-electron chi connectivity index (χ1n) is 18.4. The number of carbonyl (C=O) groups excluding carboxylic acids is 5. The van der Waals surface area contributed by atoms with Crippen molar-refractivity contribution in [1.29, 1.82) is 0 Å². The van der Waals surface area contributed by atoms with Crippen LogP contribution in [0.2, 0.25) is 0 Å². The standard InChI is InChI=1S/C38H51N7O6/c1-51-36(48)33(24-27-10-4-2-5-11-27)40-37(49)39-32(35(47)44-22-14-29(15-23-44)42-18-8-3-9-19-42)25-34(46)43-20-16-30(17-21-43)45-26-28-12-6-7-13-31(28)41-38(45)50/h2,4-7,10-13,29-30,32-33H,3,8-9,14-26H2,1H3,(H,41,50)(H2,39,40,49)/t32-,33+/m0/s1. The Morgan fingerprint density at radius 3 is 2.12 bits per heavy atom. The minimum absolute atomic E-state index is 0.0233. The van der Waals surface area contributed by atoms with Gasteiger partial charge in [0, 0.05) is 56.9 Å². The van der Waals surface area contributed by atoms with Gasteiger partial charge < -0.3 is 40.3 Å². The number of nitrogens with zero attached hydrogens (tertiary/aromatic N) is 4. The lowest BCUT2D eigenvalue weighted by atomic mass is 9.98. The van der Waals surface area contributed by atoms with Crippen molar-refractivity contribution in [1.82, 2.24) is 30.2 Å². The second kappa shape index (κ2) is 17.0. The van der Waals surface area contributed by atoms with Crippen molar-refractivity contribution in [2.45, 2.75) is 88.5 Å². The van der Waals surface area contributed by atoms with E-state index < -0.39 is 24.1 Å². The summed E-state index contributed by atoms with van der Waals surface area (Å²) >= 11 is 0. The molecule has 4 aliphatic heterocycles. The topological polar surface area (TPSA) is 144 Å². The van der Waals surface area contributed by atoms with E-state index in [2.05, 4.69) is 20.9 Å². The molecule has 0 aliphatic carbocycles. The Balaban J connectivity index is 1.09. The molecular weight excluding hydrogens is 650 g/mol. The summed E-state index contributed by atoms with van der Waals surface area (Å²) in [5, 5.41) is 8.43. The molecule has 13 nitrogen and oxygen atoms in total. The van der Waals surface area contributed by atoms with E-state index in [4.69, 9.17) is 4.74 Å². The van der Waals surface area contributed by atoms with Gasteiger partial charge in [-0.15, -0.1) is 0 Å². The molecule has 51 heavy (non-hydrogen) atoms. The lowest BCUT2D eigenvalue weighted by Gasteiger charge is -2.41. The molecule has 3 N–H and O–H groups in total. The predicted molar refractivity (Wildman–Crippen MR) is 192 cm³/mol. The number of hydrogen-bond donors (Lipinski definition) is 3. The third-order valence-corrected chi connectivity index (χ3v) is 10.9. The van der Waals surface area contributed by atoms with Crippen molar-refractivity contribution in [2.24, 2.45) is 0 Å². The van der Waals surface area contributed by atoms with Crippen LogP contribution in [-0.4, -0.2) is 120 Å². The number of likely N-dealkylation sites (tertiary alicyclic amines) is 3. The van der Waals surface area contributed by atoms with Crippen molar-refractivity contribution in [3.63, 3.8) is 0 Å². The zero-order chi connectivity index (χ0) is 35.7. The minimum Gasteiger partial charge on any atom is -0.467 e. The number of piperidine rings is 3. The number of urea groups is 2. The molecule has 0 radical (unpaired) electrons. The molecular formula is C38H51N7O6. The van der Waals surface area contributed by atoms with E-state index in [0.29, 0.717) is 51.6 Å².